The molecule has 88 valence electrons. The van der Waals surface area contributed by atoms with Gasteiger partial charge in [-0.25, -0.2) is 4.98 Å². The lowest BCUT2D eigenvalue weighted by Gasteiger charge is -2.24. The number of anilines is 1. The van der Waals surface area contributed by atoms with Crippen LogP contribution in [0.5, 0.6) is 5.75 Å². The van der Waals surface area contributed by atoms with E-state index in [1.54, 1.807) is 6.07 Å². The van der Waals surface area contributed by atoms with Crippen molar-refractivity contribution in [2.24, 2.45) is 5.73 Å². The zero-order chi connectivity index (χ0) is 12.5. The molecule has 0 spiro atoms. The second-order valence-electron chi connectivity index (χ2n) is 4.10. The van der Waals surface area contributed by atoms with E-state index in [9.17, 15) is 5.11 Å². The minimum atomic E-state index is -0.151. The smallest absolute Gasteiger partial charge is 0.172 e. The van der Waals surface area contributed by atoms with Gasteiger partial charge in [-0.05, 0) is 26.8 Å². The second kappa shape index (κ2) is 4.38. The van der Waals surface area contributed by atoms with Crippen LogP contribution < -0.4 is 10.6 Å². The molecule has 0 aliphatic carbocycles. The molecule has 0 aliphatic rings. The molecule has 0 atom stereocenters. The zero-order valence-electron chi connectivity index (χ0n) is 10.1. The van der Waals surface area contributed by atoms with E-state index in [-0.39, 0.29) is 17.6 Å². The van der Waals surface area contributed by atoms with E-state index in [0.29, 0.717) is 11.4 Å². The van der Waals surface area contributed by atoms with Gasteiger partial charge in [-0.2, -0.15) is 0 Å². The summed E-state index contributed by atoms with van der Waals surface area (Å²) in [6, 6.07) is 1.81. The number of nitrogen functional groups attached to an aromatic ring is 1. The van der Waals surface area contributed by atoms with Gasteiger partial charge >= 0.3 is 0 Å². The zero-order valence-corrected chi connectivity index (χ0v) is 10.1. The summed E-state index contributed by atoms with van der Waals surface area (Å²) in [5.41, 5.74) is 6.46. The van der Waals surface area contributed by atoms with Gasteiger partial charge in [0.25, 0.3) is 0 Å². The first kappa shape index (κ1) is 12.3. The van der Waals surface area contributed by atoms with Gasteiger partial charge in [-0.3, -0.25) is 5.41 Å². The molecule has 0 fully saturated rings. The normalized spacial score (nSPS) is 10.6. The largest absolute Gasteiger partial charge is 0.504 e. The van der Waals surface area contributed by atoms with Crippen LogP contribution in [-0.4, -0.2) is 29.0 Å². The van der Waals surface area contributed by atoms with Crippen LogP contribution in [0.15, 0.2) is 6.07 Å². The van der Waals surface area contributed by atoms with Crippen molar-refractivity contribution in [3.8, 4) is 5.75 Å². The summed E-state index contributed by atoms with van der Waals surface area (Å²) in [6.45, 7) is 5.80. The molecule has 1 aromatic heterocycles. The molecule has 0 amide bonds. The molecule has 0 radical (unpaired) electrons. The average molecular weight is 222 g/mol. The van der Waals surface area contributed by atoms with E-state index in [2.05, 4.69) is 4.98 Å². The first-order valence-electron chi connectivity index (χ1n) is 5.12. The Labute approximate surface area is 95.4 Å². The number of nitrogens with one attached hydrogen (secondary N) is 1. The van der Waals surface area contributed by atoms with Gasteiger partial charge in [-0.1, -0.05) is 0 Å². The predicted octanol–water partition coefficient (Wildman–Crippen LogP) is 1.22. The van der Waals surface area contributed by atoms with Gasteiger partial charge in [0.05, 0.1) is 5.56 Å². The average Bonchev–Trinajstić information content (AvgIpc) is 2.19. The number of pyridine rings is 1. The van der Waals surface area contributed by atoms with Crippen molar-refractivity contribution in [2.45, 2.75) is 26.8 Å². The second-order valence-corrected chi connectivity index (χ2v) is 4.10. The van der Waals surface area contributed by atoms with Crippen molar-refractivity contribution in [3.63, 3.8) is 0 Å². The minimum absolute atomic E-state index is 0.0331. The van der Waals surface area contributed by atoms with Gasteiger partial charge in [0.2, 0.25) is 0 Å². The Morgan fingerprint density at radius 2 is 2.12 bits per heavy atom. The quantitative estimate of drug-likeness (QED) is 0.530. The number of nitrogens with zero attached hydrogens (tertiary/aromatic N) is 2. The first-order valence-corrected chi connectivity index (χ1v) is 5.12. The lowest BCUT2D eigenvalue weighted by atomic mass is 10.1. The maximum atomic E-state index is 9.98. The van der Waals surface area contributed by atoms with Crippen molar-refractivity contribution in [1.82, 2.24) is 4.98 Å². The van der Waals surface area contributed by atoms with Crippen LogP contribution in [0.25, 0.3) is 0 Å². The Bertz CT molecular complexity index is 415. The third-order valence-electron chi connectivity index (χ3n) is 2.50. The number of nitrogens with two attached hydrogens (primary N) is 1. The van der Waals surface area contributed by atoms with Crippen LogP contribution in [0.1, 0.15) is 25.1 Å². The minimum Gasteiger partial charge on any atom is -0.504 e. The highest BCUT2D eigenvalue weighted by atomic mass is 16.3. The van der Waals surface area contributed by atoms with E-state index >= 15 is 0 Å². The molecule has 0 bridgehead atoms. The Morgan fingerprint density at radius 1 is 1.56 bits per heavy atom. The Morgan fingerprint density at radius 3 is 2.56 bits per heavy atom. The molecule has 0 aliphatic heterocycles. The lowest BCUT2D eigenvalue weighted by molar-refractivity contribution is 0.468. The summed E-state index contributed by atoms with van der Waals surface area (Å²) >= 11 is 0. The predicted molar refractivity (Wildman–Crippen MR) is 65.2 cm³/mol. The summed E-state index contributed by atoms with van der Waals surface area (Å²) in [4.78, 5) is 6.10. The molecule has 16 heavy (non-hydrogen) atoms. The van der Waals surface area contributed by atoms with E-state index in [4.69, 9.17) is 11.1 Å². The molecule has 1 heterocycles. The molecular weight excluding hydrogens is 204 g/mol. The fourth-order valence-electron chi connectivity index (χ4n) is 1.35. The summed E-state index contributed by atoms with van der Waals surface area (Å²) in [5, 5.41) is 17.4. The monoisotopic (exact) mass is 222 g/mol. The van der Waals surface area contributed by atoms with Gasteiger partial charge < -0.3 is 15.7 Å². The van der Waals surface area contributed by atoms with Crippen molar-refractivity contribution < 1.29 is 5.11 Å². The molecule has 1 rings (SSSR count). The highest BCUT2D eigenvalue weighted by Crippen LogP contribution is 2.29. The fraction of sp³-hybridized carbons (Fsp3) is 0.455. The molecular formula is C11H18N4O. The Kier molecular flexibility index (Phi) is 3.37. The lowest BCUT2D eigenvalue weighted by Crippen LogP contribution is -2.27. The maximum Gasteiger partial charge on any atom is 0.172 e. The Balaban J connectivity index is 3.35. The van der Waals surface area contributed by atoms with Crippen LogP contribution in [0, 0.1) is 12.3 Å². The highest BCUT2D eigenvalue weighted by Gasteiger charge is 2.17. The molecule has 4 N–H and O–H groups in total. The summed E-state index contributed by atoms with van der Waals surface area (Å²) in [5.74, 6) is 0.274. The van der Waals surface area contributed by atoms with E-state index in [1.807, 2.05) is 32.7 Å². The standard InChI is InChI=1S/C11H18N4O/c1-6(2)15(4)11-9(16)8(10(12)13)5-7(3)14-11/h5-6,16H,1-4H3,(H3,12,13). The van der Waals surface area contributed by atoms with Crippen LogP contribution in [0.4, 0.5) is 5.82 Å². The van der Waals surface area contributed by atoms with Crippen LogP contribution in [0.2, 0.25) is 0 Å². The van der Waals surface area contributed by atoms with E-state index in [1.165, 1.54) is 0 Å². The topological polar surface area (TPSA) is 86.2 Å². The molecule has 0 unspecified atom stereocenters. The number of rotatable bonds is 3. The number of amidine groups is 1. The van der Waals surface area contributed by atoms with Gasteiger partial charge in [0.1, 0.15) is 5.84 Å². The summed E-state index contributed by atoms with van der Waals surface area (Å²) < 4.78 is 0. The third-order valence-corrected chi connectivity index (χ3v) is 2.50. The fourth-order valence-corrected chi connectivity index (χ4v) is 1.35. The van der Waals surface area contributed by atoms with Crippen molar-refractivity contribution in [3.05, 3.63) is 17.3 Å². The van der Waals surface area contributed by atoms with Crippen molar-refractivity contribution in [1.29, 1.82) is 5.41 Å². The van der Waals surface area contributed by atoms with Gasteiger partial charge in [0, 0.05) is 18.8 Å². The summed E-state index contributed by atoms with van der Waals surface area (Å²) in [7, 11) is 1.84. The Hall–Kier alpha value is -1.78. The molecule has 0 aromatic carbocycles. The van der Waals surface area contributed by atoms with Crippen molar-refractivity contribution >= 4 is 11.7 Å². The van der Waals surface area contributed by atoms with Crippen LogP contribution in [-0.2, 0) is 0 Å². The van der Waals surface area contributed by atoms with Crippen molar-refractivity contribution in [2.75, 3.05) is 11.9 Å². The molecule has 0 saturated carbocycles. The third kappa shape index (κ3) is 2.24. The SMILES string of the molecule is Cc1cc(C(=N)N)c(O)c(N(C)C(C)C)n1. The molecule has 1 aromatic rings. The number of hydrogen-bond acceptors (Lipinski definition) is 4. The van der Waals surface area contributed by atoms with E-state index < -0.39 is 0 Å². The number of aromatic nitrogens is 1. The maximum absolute atomic E-state index is 9.98. The number of aromatic hydroxyl groups is 1. The highest BCUT2D eigenvalue weighted by molar-refractivity contribution is 5.99. The van der Waals surface area contributed by atoms with Crippen LogP contribution in [0.3, 0.4) is 0 Å². The molecule has 5 heteroatoms. The summed E-state index contributed by atoms with van der Waals surface area (Å²) in [6.07, 6.45) is 0. The molecule has 0 saturated heterocycles. The van der Waals surface area contributed by atoms with E-state index in [0.717, 1.165) is 5.69 Å². The number of aryl methyl sites for hydroxylation is 1. The van der Waals surface area contributed by atoms with Gasteiger partial charge in [0.15, 0.2) is 11.6 Å². The van der Waals surface area contributed by atoms with Crippen LogP contribution >= 0.6 is 0 Å². The first-order chi connectivity index (χ1) is 7.34. The number of hydrogen-bond donors (Lipinski definition) is 3. The molecule has 5 nitrogen and oxygen atoms in total. The van der Waals surface area contributed by atoms with Gasteiger partial charge in [-0.15, -0.1) is 0 Å².